The number of hydrogen-bond acceptors (Lipinski definition) is 5. The van der Waals surface area contributed by atoms with E-state index in [2.05, 4.69) is 5.32 Å². The van der Waals surface area contributed by atoms with Crippen LogP contribution < -0.4 is 5.32 Å². The summed E-state index contributed by atoms with van der Waals surface area (Å²) in [5, 5.41) is 2.83. The fourth-order valence-corrected chi connectivity index (χ4v) is 5.51. The second-order valence-corrected chi connectivity index (χ2v) is 9.99. The average Bonchev–Trinajstić information content (AvgIpc) is 2.77. The molecule has 2 fully saturated rings. The number of rotatable bonds is 7. The standard InChI is InChI=1S/C21H29FN2O5S/c22-18-6-8-19(9-7-18)30(27,28)24-12-10-17(11-13-24)21(26)29-15-20(25)23-14-16-4-2-1-3-5-16/h6-9,16-17H,1-5,10-15H2,(H,23,25). The Morgan fingerprint density at radius 3 is 2.30 bits per heavy atom. The third-order valence-electron chi connectivity index (χ3n) is 5.90. The lowest BCUT2D eigenvalue weighted by Gasteiger charge is -2.30. The molecule has 2 aliphatic rings. The topological polar surface area (TPSA) is 92.8 Å². The molecule has 9 heteroatoms. The number of carbonyl (C=O) groups excluding carboxylic acids is 2. The second-order valence-electron chi connectivity index (χ2n) is 8.05. The first-order valence-corrected chi connectivity index (χ1v) is 12.0. The zero-order valence-corrected chi connectivity index (χ0v) is 17.8. The highest BCUT2D eigenvalue weighted by Gasteiger charge is 2.33. The molecule has 0 radical (unpaired) electrons. The lowest BCUT2D eigenvalue weighted by atomic mass is 9.89. The number of nitrogens with one attached hydrogen (secondary N) is 1. The highest BCUT2D eigenvalue weighted by molar-refractivity contribution is 7.89. The lowest BCUT2D eigenvalue weighted by molar-refractivity contribution is -0.153. The summed E-state index contributed by atoms with van der Waals surface area (Å²) < 4.78 is 44.7. The molecule has 1 aliphatic heterocycles. The van der Waals surface area contributed by atoms with Gasteiger partial charge >= 0.3 is 5.97 Å². The number of carbonyl (C=O) groups is 2. The van der Waals surface area contributed by atoms with Gasteiger partial charge in [0.15, 0.2) is 6.61 Å². The molecule has 0 bridgehead atoms. The molecule has 166 valence electrons. The van der Waals surface area contributed by atoms with Crippen LogP contribution in [-0.2, 0) is 24.3 Å². The summed E-state index contributed by atoms with van der Waals surface area (Å²) in [4.78, 5) is 24.2. The number of esters is 1. The third-order valence-corrected chi connectivity index (χ3v) is 7.81. The number of amides is 1. The summed E-state index contributed by atoms with van der Waals surface area (Å²) in [6.45, 7) is 0.663. The molecular formula is C21H29FN2O5S. The van der Waals surface area contributed by atoms with Crippen LogP contribution in [0.25, 0.3) is 0 Å². The van der Waals surface area contributed by atoms with Gasteiger partial charge in [-0.2, -0.15) is 4.31 Å². The molecule has 30 heavy (non-hydrogen) atoms. The van der Waals surface area contributed by atoms with Crippen LogP contribution in [0.5, 0.6) is 0 Å². The van der Waals surface area contributed by atoms with E-state index in [0.717, 1.165) is 25.0 Å². The van der Waals surface area contributed by atoms with Crippen LogP contribution >= 0.6 is 0 Å². The molecule has 1 heterocycles. The van der Waals surface area contributed by atoms with E-state index >= 15 is 0 Å². The Balaban J connectivity index is 1.40. The molecule has 0 atom stereocenters. The van der Waals surface area contributed by atoms with E-state index in [4.69, 9.17) is 4.74 Å². The summed E-state index contributed by atoms with van der Waals surface area (Å²) in [7, 11) is -3.72. The minimum Gasteiger partial charge on any atom is -0.455 e. The summed E-state index contributed by atoms with van der Waals surface area (Å²) in [6, 6.07) is 4.68. The first kappa shape index (κ1) is 22.7. The van der Waals surface area contributed by atoms with Crippen LogP contribution in [0.4, 0.5) is 4.39 Å². The van der Waals surface area contributed by atoms with Gasteiger partial charge in [0.25, 0.3) is 5.91 Å². The van der Waals surface area contributed by atoms with E-state index in [0.29, 0.717) is 25.3 Å². The molecule has 0 aromatic heterocycles. The van der Waals surface area contributed by atoms with E-state index in [1.54, 1.807) is 0 Å². The van der Waals surface area contributed by atoms with Crippen molar-refractivity contribution in [3.8, 4) is 0 Å². The molecule has 7 nitrogen and oxygen atoms in total. The fourth-order valence-electron chi connectivity index (χ4n) is 4.04. The smallest absolute Gasteiger partial charge is 0.309 e. The Morgan fingerprint density at radius 1 is 1.03 bits per heavy atom. The maximum Gasteiger partial charge on any atom is 0.309 e. The normalized spacial score (nSPS) is 19.4. The minimum absolute atomic E-state index is 0.0274. The van der Waals surface area contributed by atoms with Crippen LogP contribution in [0.2, 0.25) is 0 Å². The van der Waals surface area contributed by atoms with E-state index in [-0.39, 0.29) is 30.5 Å². The van der Waals surface area contributed by atoms with Crippen LogP contribution in [-0.4, -0.2) is 50.8 Å². The Morgan fingerprint density at radius 2 is 1.67 bits per heavy atom. The predicted molar refractivity (Wildman–Crippen MR) is 108 cm³/mol. The van der Waals surface area contributed by atoms with Crippen molar-refractivity contribution in [1.29, 1.82) is 0 Å². The minimum atomic E-state index is -3.72. The maximum atomic E-state index is 13.0. The zero-order valence-electron chi connectivity index (χ0n) is 17.0. The van der Waals surface area contributed by atoms with Gasteiger partial charge in [-0.15, -0.1) is 0 Å². The highest BCUT2D eigenvalue weighted by Crippen LogP contribution is 2.25. The molecule has 0 spiro atoms. The van der Waals surface area contributed by atoms with Gasteiger partial charge in [-0.3, -0.25) is 9.59 Å². The van der Waals surface area contributed by atoms with Gasteiger partial charge in [0.1, 0.15) is 5.82 Å². The molecule has 1 aromatic rings. The first-order valence-electron chi connectivity index (χ1n) is 10.6. The van der Waals surface area contributed by atoms with Gasteiger partial charge in [-0.05, 0) is 55.9 Å². The molecule has 1 aliphatic carbocycles. The quantitative estimate of drug-likeness (QED) is 0.658. The number of halogens is 1. The van der Waals surface area contributed by atoms with Crippen molar-refractivity contribution in [1.82, 2.24) is 9.62 Å². The van der Waals surface area contributed by atoms with Crippen molar-refractivity contribution in [2.24, 2.45) is 11.8 Å². The van der Waals surface area contributed by atoms with Crippen LogP contribution in [0, 0.1) is 17.7 Å². The first-order chi connectivity index (χ1) is 14.4. The number of nitrogens with zero attached hydrogens (tertiary/aromatic N) is 1. The number of sulfonamides is 1. The Hall–Kier alpha value is -2.00. The Bertz CT molecular complexity index is 829. The SMILES string of the molecule is O=C(COC(=O)C1CCN(S(=O)(=O)c2ccc(F)cc2)CC1)NCC1CCCCC1. The van der Waals surface area contributed by atoms with Gasteiger partial charge in [-0.25, -0.2) is 12.8 Å². The van der Waals surface area contributed by atoms with Crippen molar-refractivity contribution < 1.29 is 27.1 Å². The van der Waals surface area contributed by atoms with Gasteiger partial charge in [0, 0.05) is 19.6 Å². The van der Waals surface area contributed by atoms with E-state index in [1.165, 1.54) is 35.7 Å². The van der Waals surface area contributed by atoms with Crippen molar-refractivity contribution in [2.75, 3.05) is 26.2 Å². The lowest BCUT2D eigenvalue weighted by Crippen LogP contribution is -2.41. The highest BCUT2D eigenvalue weighted by atomic mass is 32.2. The van der Waals surface area contributed by atoms with Gasteiger partial charge < -0.3 is 10.1 Å². The summed E-state index contributed by atoms with van der Waals surface area (Å²) in [5.74, 6) is -1.20. The number of ether oxygens (including phenoxy) is 1. The molecule has 1 N–H and O–H groups in total. The predicted octanol–water partition coefficient (Wildman–Crippen LogP) is 2.47. The van der Waals surface area contributed by atoms with E-state index < -0.39 is 27.7 Å². The summed E-state index contributed by atoms with van der Waals surface area (Å²) >= 11 is 0. The Labute approximate surface area is 177 Å². The monoisotopic (exact) mass is 440 g/mol. The molecule has 1 aromatic carbocycles. The molecule has 3 rings (SSSR count). The molecule has 0 unspecified atom stereocenters. The molecule has 1 saturated heterocycles. The number of benzene rings is 1. The van der Waals surface area contributed by atoms with Gasteiger partial charge in [-0.1, -0.05) is 19.3 Å². The molecular weight excluding hydrogens is 411 g/mol. The van der Waals surface area contributed by atoms with Crippen LogP contribution in [0.15, 0.2) is 29.2 Å². The third kappa shape index (κ3) is 6.01. The van der Waals surface area contributed by atoms with Gasteiger partial charge in [0.2, 0.25) is 10.0 Å². The zero-order chi connectivity index (χ0) is 21.6. The van der Waals surface area contributed by atoms with Crippen molar-refractivity contribution >= 4 is 21.9 Å². The largest absolute Gasteiger partial charge is 0.455 e. The number of piperidine rings is 1. The average molecular weight is 441 g/mol. The van der Waals surface area contributed by atoms with Crippen LogP contribution in [0.3, 0.4) is 0 Å². The summed E-state index contributed by atoms with van der Waals surface area (Å²) in [6.07, 6.45) is 6.55. The van der Waals surface area contributed by atoms with Crippen molar-refractivity contribution in [2.45, 2.75) is 49.8 Å². The second kappa shape index (κ2) is 10.3. The maximum absolute atomic E-state index is 13.0. The van der Waals surface area contributed by atoms with Crippen molar-refractivity contribution in [3.63, 3.8) is 0 Å². The Kier molecular flexibility index (Phi) is 7.82. The van der Waals surface area contributed by atoms with Crippen LogP contribution in [0.1, 0.15) is 44.9 Å². The molecule has 1 amide bonds. The fraction of sp³-hybridized carbons (Fsp3) is 0.619. The van der Waals surface area contributed by atoms with E-state index in [9.17, 15) is 22.4 Å². The van der Waals surface area contributed by atoms with Gasteiger partial charge in [0.05, 0.1) is 10.8 Å². The molecule has 1 saturated carbocycles. The van der Waals surface area contributed by atoms with E-state index in [1.807, 2.05) is 0 Å². The number of hydrogen-bond donors (Lipinski definition) is 1. The van der Waals surface area contributed by atoms with Crippen molar-refractivity contribution in [3.05, 3.63) is 30.1 Å². The summed E-state index contributed by atoms with van der Waals surface area (Å²) in [5.41, 5.74) is 0.